The molecule has 0 fully saturated rings. The van der Waals surface area contributed by atoms with Crippen molar-refractivity contribution in [3.8, 4) is 6.07 Å². The second kappa shape index (κ2) is 7.65. The van der Waals surface area contributed by atoms with Crippen LogP contribution in [0.1, 0.15) is 6.42 Å². The third-order valence-electron chi connectivity index (χ3n) is 2.02. The zero-order valence-electron chi connectivity index (χ0n) is 9.89. The SMILES string of the molecule is COC(=O)CN(C)CC(=O)N(C)CCC#N. The van der Waals surface area contributed by atoms with Crippen LogP contribution >= 0.6 is 0 Å². The van der Waals surface area contributed by atoms with E-state index in [4.69, 9.17) is 5.26 Å². The summed E-state index contributed by atoms with van der Waals surface area (Å²) in [6, 6.07) is 1.97. The molecule has 0 N–H and O–H groups in total. The van der Waals surface area contributed by atoms with Gasteiger partial charge in [0.2, 0.25) is 5.91 Å². The molecule has 0 radical (unpaired) electrons. The molecule has 0 unspecified atom stereocenters. The minimum Gasteiger partial charge on any atom is -0.468 e. The number of carbonyl (C=O) groups excluding carboxylic acids is 2. The lowest BCUT2D eigenvalue weighted by Gasteiger charge is -2.20. The first-order valence-electron chi connectivity index (χ1n) is 4.87. The van der Waals surface area contributed by atoms with Crippen molar-refractivity contribution < 1.29 is 14.3 Å². The van der Waals surface area contributed by atoms with E-state index < -0.39 is 0 Å². The van der Waals surface area contributed by atoms with Crippen LogP contribution in [0.5, 0.6) is 0 Å². The number of rotatable bonds is 6. The number of hydrogen-bond acceptors (Lipinski definition) is 5. The smallest absolute Gasteiger partial charge is 0.319 e. The highest BCUT2D eigenvalue weighted by Gasteiger charge is 2.13. The van der Waals surface area contributed by atoms with Crippen molar-refractivity contribution in [2.24, 2.45) is 0 Å². The summed E-state index contributed by atoms with van der Waals surface area (Å²) in [5.74, 6) is -0.503. The molecule has 0 aromatic rings. The normalized spacial score (nSPS) is 9.69. The van der Waals surface area contributed by atoms with Gasteiger partial charge in [-0.3, -0.25) is 14.5 Å². The monoisotopic (exact) mass is 227 g/mol. The Kier molecular flexibility index (Phi) is 6.88. The quantitative estimate of drug-likeness (QED) is 0.570. The molecule has 6 heteroatoms. The summed E-state index contributed by atoms with van der Waals surface area (Å²) in [6.07, 6.45) is 0.308. The van der Waals surface area contributed by atoms with E-state index in [0.29, 0.717) is 13.0 Å². The summed E-state index contributed by atoms with van der Waals surface area (Å²) >= 11 is 0. The standard InChI is InChI=1S/C10H17N3O3/c1-12(8-10(15)16-3)7-9(14)13(2)6-4-5-11/h4,6-8H2,1-3H3. The third-order valence-corrected chi connectivity index (χ3v) is 2.02. The van der Waals surface area contributed by atoms with Crippen LogP contribution in [-0.4, -0.2) is 62.5 Å². The predicted molar refractivity (Wildman–Crippen MR) is 57.4 cm³/mol. The average Bonchev–Trinajstić information content (AvgIpc) is 2.25. The maximum atomic E-state index is 11.6. The molecular weight excluding hydrogens is 210 g/mol. The fourth-order valence-corrected chi connectivity index (χ4v) is 1.03. The van der Waals surface area contributed by atoms with Gasteiger partial charge in [0.25, 0.3) is 0 Å². The molecule has 0 aliphatic rings. The Labute approximate surface area is 95.4 Å². The molecule has 1 amide bonds. The lowest BCUT2D eigenvalue weighted by molar-refractivity contribution is -0.142. The van der Waals surface area contributed by atoms with Crippen LogP contribution < -0.4 is 0 Å². The molecule has 0 atom stereocenters. The second-order valence-corrected chi connectivity index (χ2v) is 3.47. The third kappa shape index (κ3) is 5.98. The van der Waals surface area contributed by atoms with Gasteiger partial charge in [-0.1, -0.05) is 0 Å². The van der Waals surface area contributed by atoms with Gasteiger partial charge >= 0.3 is 5.97 Å². The number of nitrogens with zero attached hydrogens (tertiary/aromatic N) is 3. The van der Waals surface area contributed by atoms with Gasteiger partial charge in [-0.25, -0.2) is 0 Å². The zero-order valence-corrected chi connectivity index (χ0v) is 9.89. The van der Waals surface area contributed by atoms with Gasteiger partial charge in [-0.15, -0.1) is 0 Å². The minimum atomic E-state index is -0.380. The predicted octanol–water partition coefficient (Wildman–Crippen LogP) is -0.537. The summed E-state index contributed by atoms with van der Waals surface area (Å²) in [5.41, 5.74) is 0. The number of ether oxygens (including phenoxy) is 1. The maximum Gasteiger partial charge on any atom is 0.319 e. The largest absolute Gasteiger partial charge is 0.468 e. The number of nitriles is 1. The number of methoxy groups -OCH3 is 1. The van der Waals surface area contributed by atoms with E-state index in [9.17, 15) is 9.59 Å². The van der Waals surface area contributed by atoms with Gasteiger partial charge in [-0.05, 0) is 7.05 Å². The first-order chi connectivity index (χ1) is 7.51. The van der Waals surface area contributed by atoms with Gasteiger partial charge in [0.15, 0.2) is 0 Å². The van der Waals surface area contributed by atoms with Gasteiger partial charge in [-0.2, -0.15) is 5.26 Å². The van der Waals surface area contributed by atoms with E-state index in [1.807, 2.05) is 6.07 Å². The number of esters is 1. The molecule has 16 heavy (non-hydrogen) atoms. The van der Waals surface area contributed by atoms with Crippen LogP contribution in [0, 0.1) is 11.3 Å². The molecule has 0 spiro atoms. The molecule has 0 saturated carbocycles. The fraction of sp³-hybridized carbons (Fsp3) is 0.700. The van der Waals surface area contributed by atoms with Crippen molar-refractivity contribution in [3.63, 3.8) is 0 Å². The number of amides is 1. The van der Waals surface area contributed by atoms with E-state index >= 15 is 0 Å². The molecule has 0 aliphatic carbocycles. The maximum absolute atomic E-state index is 11.6. The van der Waals surface area contributed by atoms with Crippen molar-refractivity contribution in [2.45, 2.75) is 6.42 Å². The van der Waals surface area contributed by atoms with Crippen molar-refractivity contribution in [2.75, 3.05) is 40.8 Å². The van der Waals surface area contributed by atoms with Crippen LogP contribution in [0.3, 0.4) is 0 Å². The van der Waals surface area contributed by atoms with E-state index in [1.165, 1.54) is 12.0 Å². The molecule has 0 rings (SSSR count). The van der Waals surface area contributed by atoms with Gasteiger partial charge in [0.1, 0.15) is 0 Å². The highest BCUT2D eigenvalue weighted by molar-refractivity contribution is 5.79. The van der Waals surface area contributed by atoms with Crippen LogP contribution in [-0.2, 0) is 14.3 Å². The molecule has 6 nitrogen and oxygen atoms in total. The fourth-order valence-electron chi connectivity index (χ4n) is 1.03. The molecule has 0 bridgehead atoms. The highest BCUT2D eigenvalue weighted by Crippen LogP contribution is 1.92. The summed E-state index contributed by atoms with van der Waals surface area (Å²) in [7, 11) is 4.59. The Morgan fingerprint density at radius 1 is 1.31 bits per heavy atom. The number of carbonyl (C=O) groups is 2. The molecule has 0 aromatic carbocycles. The molecule has 0 aromatic heterocycles. The highest BCUT2D eigenvalue weighted by atomic mass is 16.5. The van der Waals surface area contributed by atoms with Crippen molar-refractivity contribution >= 4 is 11.9 Å². The lowest BCUT2D eigenvalue weighted by Crippen LogP contribution is -2.39. The molecule has 90 valence electrons. The topological polar surface area (TPSA) is 73.6 Å². The molecule has 0 aliphatic heterocycles. The van der Waals surface area contributed by atoms with Gasteiger partial charge in [0, 0.05) is 13.6 Å². The summed E-state index contributed by atoms with van der Waals surface area (Å²) < 4.78 is 4.48. The Morgan fingerprint density at radius 3 is 2.44 bits per heavy atom. The Hall–Kier alpha value is -1.61. The first kappa shape index (κ1) is 14.4. The van der Waals surface area contributed by atoms with Crippen LogP contribution in [0.2, 0.25) is 0 Å². The summed E-state index contributed by atoms with van der Waals surface area (Å²) in [6.45, 7) is 0.618. The van der Waals surface area contributed by atoms with Crippen LogP contribution in [0.15, 0.2) is 0 Å². The van der Waals surface area contributed by atoms with Gasteiger partial charge in [0.05, 0.1) is 32.7 Å². The first-order valence-corrected chi connectivity index (χ1v) is 4.87. The van der Waals surface area contributed by atoms with Crippen molar-refractivity contribution in [1.29, 1.82) is 5.26 Å². The number of likely N-dealkylation sites (N-methyl/N-ethyl adjacent to an activating group) is 2. The Morgan fingerprint density at radius 2 is 1.94 bits per heavy atom. The van der Waals surface area contributed by atoms with Crippen LogP contribution in [0.25, 0.3) is 0 Å². The van der Waals surface area contributed by atoms with Crippen molar-refractivity contribution in [3.05, 3.63) is 0 Å². The average molecular weight is 227 g/mol. The molecular formula is C10H17N3O3. The summed E-state index contributed by atoms with van der Waals surface area (Å²) in [5, 5.41) is 8.37. The van der Waals surface area contributed by atoms with Crippen molar-refractivity contribution in [1.82, 2.24) is 9.80 Å². The van der Waals surface area contributed by atoms with Crippen LogP contribution in [0.4, 0.5) is 0 Å². The Bertz CT molecular complexity index is 286. The van der Waals surface area contributed by atoms with E-state index in [0.717, 1.165) is 0 Å². The van der Waals surface area contributed by atoms with E-state index in [1.54, 1.807) is 19.0 Å². The minimum absolute atomic E-state index is 0.0777. The van der Waals surface area contributed by atoms with E-state index in [2.05, 4.69) is 4.74 Å². The van der Waals surface area contributed by atoms with Gasteiger partial charge < -0.3 is 9.64 Å². The van der Waals surface area contributed by atoms with E-state index in [-0.39, 0.29) is 25.0 Å². The zero-order chi connectivity index (χ0) is 12.6. The molecule has 0 heterocycles. The lowest BCUT2D eigenvalue weighted by atomic mass is 10.4. The Balaban J connectivity index is 3.94. The number of hydrogen-bond donors (Lipinski definition) is 0. The second-order valence-electron chi connectivity index (χ2n) is 3.47. The molecule has 0 saturated heterocycles. The summed E-state index contributed by atoms with van der Waals surface area (Å²) in [4.78, 5) is 25.5.